The topological polar surface area (TPSA) is 84.2 Å². The Morgan fingerprint density at radius 2 is 2.11 bits per heavy atom. The van der Waals surface area contributed by atoms with Gasteiger partial charge in [-0.3, -0.25) is 0 Å². The van der Waals surface area contributed by atoms with Crippen LogP contribution in [0.3, 0.4) is 0 Å². The lowest BCUT2D eigenvalue weighted by Gasteiger charge is -2.08. The Bertz CT molecular complexity index is 706. The number of hydrogen-bond acceptors (Lipinski definition) is 4. The first-order chi connectivity index (χ1) is 8.72. The molecular weight excluding hydrogens is 230 g/mol. The van der Waals surface area contributed by atoms with E-state index in [0.29, 0.717) is 17.3 Å². The van der Waals surface area contributed by atoms with Crippen molar-refractivity contribution in [2.24, 2.45) is 0 Å². The standard InChI is InChI=1S/C13H11N3O2/c14-13-6-9(2-4-16-13)18-12-5-8-1-3-15-10(8)7-11(12)17/h1-7,15,17H,(H2,14,16). The number of pyridine rings is 1. The lowest BCUT2D eigenvalue weighted by Crippen LogP contribution is -1.91. The van der Waals surface area contributed by atoms with Gasteiger partial charge in [0.1, 0.15) is 11.6 Å². The van der Waals surface area contributed by atoms with E-state index < -0.39 is 0 Å². The number of phenols is 1. The lowest BCUT2D eigenvalue weighted by atomic mass is 10.2. The predicted molar refractivity (Wildman–Crippen MR) is 68.7 cm³/mol. The Hall–Kier alpha value is -2.69. The maximum absolute atomic E-state index is 9.87. The van der Waals surface area contributed by atoms with Crippen LogP contribution in [0, 0.1) is 0 Å². The number of aromatic amines is 1. The molecule has 0 saturated carbocycles. The Morgan fingerprint density at radius 1 is 1.22 bits per heavy atom. The number of aromatic hydroxyl groups is 1. The van der Waals surface area contributed by atoms with Gasteiger partial charge in [0, 0.05) is 35.4 Å². The molecule has 0 aliphatic rings. The highest BCUT2D eigenvalue weighted by atomic mass is 16.5. The highest BCUT2D eigenvalue weighted by Crippen LogP contribution is 2.34. The van der Waals surface area contributed by atoms with Gasteiger partial charge in [0.2, 0.25) is 0 Å². The minimum atomic E-state index is 0.0698. The Labute approximate surface area is 103 Å². The maximum Gasteiger partial charge on any atom is 0.169 e. The van der Waals surface area contributed by atoms with E-state index in [9.17, 15) is 5.11 Å². The zero-order valence-electron chi connectivity index (χ0n) is 9.42. The fraction of sp³-hybridized carbons (Fsp3) is 0. The number of nitrogens with two attached hydrogens (primary N) is 1. The number of nitrogens with zero attached hydrogens (tertiary/aromatic N) is 1. The van der Waals surface area contributed by atoms with E-state index in [1.165, 1.54) is 0 Å². The Morgan fingerprint density at radius 3 is 2.94 bits per heavy atom. The Balaban J connectivity index is 2.01. The number of rotatable bonds is 2. The van der Waals surface area contributed by atoms with E-state index in [1.807, 2.05) is 6.07 Å². The van der Waals surface area contributed by atoms with Crippen LogP contribution in [0.25, 0.3) is 10.9 Å². The predicted octanol–water partition coefficient (Wildman–Crippen LogP) is 2.64. The van der Waals surface area contributed by atoms with Gasteiger partial charge in [-0.15, -0.1) is 0 Å². The fourth-order valence-corrected chi connectivity index (χ4v) is 1.77. The number of ether oxygens (including phenoxy) is 1. The first-order valence-electron chi connectivity index (χ1n) is 5.42. The van der Waals surface area contributed by atoms with Crippen LogP contribution in [-0.4, -0.2) is 15.1 Å². The number of nitrogen functional groups attached to an aromatic ring is 1. The lowest BCUT2D eigenvalue weighted by molar-refractivity contribution is 0.412. The molecule has 0 unspecified atom stereocenters. The summed E-state index contributed by atoms with van der Waals surface area (Å²) in [7, 11) is 0. The van der Waals surface area contributed by atoms with Crippen molar-refractivity contribution >= 4 is 16.7 Å². The molecule has 90 valence electrons. The normalized spacial score (nSPS) is 10.7. The summed E-state index contributed by atoms with van der Waals surface area (Å²) in [6, 6.07) is 8.56. The second kappa shape index (κ2) is 3.96. The second-order valence-corrected chi connectivity index (χ2v) is 3.90. The van der Waals surface area contributed by atoms with Crippen LogP contribution in [0.1, 0.15) is 0 Å². The fourth-order valence-electron chi connectivity index (χ4n) is 1.77. The highest BCUT2D eigenvalue weighted by molar-refractivity contribution is 5.83. The van der Waals surface area contributed by atoms with Gasteiger partial charge in [-0.2, -0.15) is 0 Å². The number of anilines is 1. The SMILES string of the molecule is Nc1cc(Oc2cc3cc[nH]c3cc2O)ccn1. The second-order valence-electron chi connectivity index (χ2n) is 3.90. The van der Waals surface area contributed by atoms with Gasteiger partial charge < -0.3 is 20.6 Å². The van der Waals surface area contributed by atoms with Crippen molar-refractivity contribution in [3.8, 4) is 17.2 Å². The van der Waals surface area contributed by atoms with Gasteiger partial charge in [-0.25, -0.2) is 4.98 Å². The van der Waals surface area contributed by atoms with Crippen LogP contribution in [0.2, 0.25) is 0 Å². The van der Waals surface area contributed by atoms with E-state index in [2.05, 4.69) is 9.97 Å². The Kier molecular flexibility index (Phi) is 2.30. The molecule has 0 amide bonds. The third kappa shape index (κ3) is 1.82. The zero-order valence-corrected chi connectivity index (χ0v) is 9.42. The van der Waals surface area contributed by atoms with Gasteiger partial charge in [0.25, 0.3) is 0 Å². The first kappa shape index (κ1) is 10.5. The van der Waals surface area contributed by atoms with Gasteiger partial charge in [-0.05, 0) is 18.2 Å². The minimum Gasteiger partial charge on any atom is -0.504 e. The average Bonchev–Trinajstić information content (AvgIpc) is 2.76. The third-order valence-corrected chi connectivity index (χ3v) is 2.61. The smallest absolute Gasteiger partial charge is 0.169 e. The largest absolute Gasteiger partial charge is 0.504 e. The minimum absolute atomic E-state index is 0.0698. The van der Waals surface area contributed by atoms with E-state index in [0.717, 1.165) is 10.9 Å². The van der Waals surface area contributed by atoms with Crippen LogP contribution in [0.5, 0.6) is 17.2 Å². The summed E-state index contributed by atoms with van der Waals surface area (Å²) in [5, 5.41) is 10.8. The molecule has 0 aliphatic heterocycles. The number of fused-ring (bicyclic) bond motifs is 1. The van der Waals surface area contributed by atoms with Crippen LogP contribution >= 0.6 is 0 Å². The number of phenolic OH excluding ortho intramolecular Hbond substituents is 1. The van der Waals surface area contributed by atoms with E-state index in [-0.39, 0.29) is 5.75 Å². The van der Waals surface area contributed by atoms with E-state index in [4.69, 9.17) is 10.5 Å². The molecule has 0 spiro atoms. The molecule has 1 aromatic carbocycles. The molecule has 3 aromatic rings. The van der Waals surface area contributed by atoms with Crippen LogP contribution in [0.15, 0.2) is 42.7 Å². The monoisotopic (exact) mass is 241 g/mol. The van der Waals surface area contributed by atoms with Gasteiger partial charge in [-0.1, -0.05) is 0 Å². The molecule has 0 radical (unpaired) electrons. The highest BCUT2D eigenvalue weighted by Gasteiger charge is 2.07. The van der Waals surface area contributed by atoms with E-state index in [1.54, 1.807) is 36.7 Å². The van der Waals surface area contributed by atoms with Gasteiger partial charge in [0.15, 0.2) is 11.5 Å². The van der Waals surface area contributed by atoms with Crippen molar-refractivity contribution in [3.05, 3.63) is 42.7 Å². The summed E-state index contributed by atoms with van der Waals surface area (Å²) in [5.74, 6) is 1.36. The molecule has 0 saturated heterocycles. The van der Waals surface area contributed by atoms with Crippen LogP contribution in [-0.2, 0) is 0 Å². The summed E-state index contributed by atoms with van der Waals surface area (Å²) in [5.41, 5.74) is 6.42. The molecule has 0 atom stereocenters. The van der Waals surface area contributed by atoms with Crippen LogP contribution in [0.4, 0.5) is 5.82 Å². The molecule has 4 N–H and O–H groups in total. The molecule has 0 fully saturated rings. The number of aromatic nitrogens is 2. The molecule has 3 rings (SSSR count). The van der Waals surface area contributed by atoms with Crippen molar-refractivity contribution in [2.45, 2.75) is 0 Å². The zero-order chi connectivity index (χ0) is 12.5. The quantitative estimate of drug-likeness (QED) is 0.644. The maximum atomic E-state index is 9.87. The molecule has 5 nitrogen and oxygen atoms in total. The summed E-state index contributed by atoms with van der Waals surface area (Å²) in [6.07, 6.45) is 3.36. The average molecular weight is 241 g/mol. The number of H-pyrrole nitrogens is 1. The first-order valence-corrected chi connectivity index (χ1v) is 5.42. The van der Waals surface area contributed by atoms with Gasteiger partial charge in [0.05, 0.1) is 0 Å². The summed E-state index contributed by atoms with van der Waals surface area (Å²) >= 11 is 0. The number of nitrogens with one attached hydrogen (secondary N) is 1. The van der Waals surface area contributed by atoms with Crippen molar-refractivity contribution in [3.63, 3.8) is 0 Å². The molecule has 0 bridgehead atoms. The molecular formula is C13H11N3O2. The molecule has 2 heterocycles. The summed E-state index contributed by atoms with van der Waals surface area (Å²) < 4.78 is 5.58. The van der Waals surface area contributed by atoms with Crippen molar-refractivity contribution in [2.75, 3.05) is 5.73 Å². The third-order valence-electron chi connectivity index (χ3n) is 2.61. The van der Waals surface area contributed by atoms with Crippen LogP contribution < -0.4 is 10.5 Å². The van der Waals surface area contributed by atoms with Crippen molar-refractivity contribution in [1.82, 2.24) is 9.97 Å². The molecule has 5 heteroatoms. The summed E-state index contributed by atoms with van der Waals surface area (Å²) in [6.45, 7) is 0. The molecule has 0 aliphatic carbocycles. The number of benzene rings is 1. The van der Waals surface area contributed by atoms with Crippen molar-refractivity contribution in [1.29, 1.82) is 0 Å². The molecule has 2 aromatic heterocycles. The summed E-state index contributed by atoms with van der Waals surface area (Å²) in [4.78, 5) is 6.89. The number of hydrogen-bond donors (Lipinski definition) is 3. The van der Waals surface area contributed by atoms with E-state index >= 15 is 0 Å². The van der Waals surface area contributed by atoms with Gasteiger partial charge >= 0.3 is 0 Å². The molecule has 18 heavy (non-hydrogen) atoms. The van der Waals surface area contributed by atoms with Crippen molar-refractivity contribution < 1.29 is 9.84 Å².